The highest BCUT2D eigenvalue weighted by molar-refractivity contribution is 7.92. The summed E-state index contributed by atoms with van der Waals surface area (Å²) in [5, 5.41) is 0.506. The summed E-state index contributed by atoms with van der Waals surface area (Å²) in [7, 11) is -3.43. The molecule has 3 rings (SSSR count). The molecule has 6 heteroatoms. The maximum atomic E-state index is 12.8. The highest BCUT2D eigenvalue weighted by Gasteiger charge is 2.33. The van der Waals surface area contributed by atoms with E-state index in [9.17, 15) is 8.42 Å². The van der Waals surface area contributed by atoms with Crippen LogP contribution in [0.4, 0.5) is 0 Å². The number of sulfone groups is 1. The van der Waals surface area contributed by atoms with Gasteiger partial charge in [0.15, 0.2) is 15.6 Å². The van der Waals surface area contributed by atoms with Crippen LogP contribution < -0.4 is 0 Å². The molecule has 0 aliphatic rings. The van der Waals surface area contributed by atoms with Crippen LogP contribution in [0.2, 0.25) is 0 Å². The minimum Gasteiger partial charge on any atom is -0.439 e. The summed E-state index contributed by atoms with van der Waals surface area (Å²) < 4.78 is 31.3. The van der Waals surface area contributed by atoms with E-state index in [0.29, 0.717) is 5.76 Å². The Morgan fingerprint density at radius 1 is 1.04 bits per heavy atom. The zero-order chi connectivity index (χ0) is 16.4. The molecule has 0 aliphatic carbocycles. The maximum Gasteiger partial charge on any atom is 0.212 e. The highest BCUT2D eigenvalue weighted by Crippen LogP contribution is 2.36. The van der Waals surface area contributed by atoms with Crippen LogP contribution in [0.15, 0.2) is 58.5 Å². The first-order valence-corrected chi connectivity index (χ1v) is 9.76. The summed E-state index contributed by atoms with van der Waals surface area (Å²) >= 11 is 1.44. The average molecular weight is 347 g/mol. The van der Waals surface area contributed by atoms with Crippen molar-refractivity contribution in [1.82, 2.24) is 4.98 Å². The summed E-state index contributed by atoms with van der Waals surface area (Å²) in [6.45, 7) is 3.33. The molecule has 4 nitrogen and oxygen atoms in total. The topological polar surface area (TPSA) is 60.2 Å². The van der Waals surface area contributed by atoms with E-state index in [2.05, 4.69) is 4.98 Å². The Morgan fingerprint density at radius 2 is 1.78 bits per heavy atom. The Balaban J connectivity index is 1.88. The lowest BCUT2D eigenvalue weighted by Crippen LogP contribution is -2.16. The monoisotopic (exact) mass is 347 g/mol. The number of oxazole rings is 1. The first-order valence-electron chi connectivity index (χ1n) is 7.27. The van der Waals surface area contributed by atoms with Gasteiger partial charge in [0.05, 0.1) is 11.4 Å². The molecule has 0 saturated heterocycles. The predicted molar refractivity (Wildman–Crippen MR) is 92.0 cm³/mol. The van der Waals surface area contributed by atoms with Gasteiger partial charge in [-0.3, -0.25) is 0 Å². The number of hydrogen-bond acceptors (Lipinski definition) is 5. The van der Waals surface area contributed by atoms with Gasteiger partial charge in [0, 0.05) is 10.4 Å². The molecule has 0 aliphatic heterocycles. The van der Waals surface area contributed by atoms with E-state index < -0.39 is 20.3 Å². The van der Waals surface area contributed by atoms with Gasteiger partial charge >= 0.3 is 0 Å². The third kappa shape index (κ3) is 3.09. The zero-order valence-electron chi connectivity index (χ0n) is 12.8. The molecule has 0 N–H and O–H groups in total. The maximum absolute atomic E-state index is 12.8. The molecule has 3 aromatic rings. The van der Waals surface area contributed by atoms with E-state index in [4.69, 9.17) is 4.42 Å². The number of nitrogens with zero attached hydrogens (tertiary/aromatic N) is 1. The second kappa shape index (κ2) is 6.29. The SMILES string of the molecule is C[C@H](c1ncc(-c2ccccc2)o1)S(=O)(=O)[C@H](C)c1cccs1. The van der Waals surface area contributed by atoms with Crippen molar-refractivity contribution in [2.24, 2.45) is 0 Å². The van der Waals surface area contributed by atoms with Crippen LogP contribution in [0.5, 0.6) is 0 Å². The van der Waals surface area contributed by atoms with Gasteiger partial charge in [0.2, 0.25) is 5.89 Å². The number of rotatable bonds is 5. The minimum absolute atomic E-state index is 0.229. The van der Waals surface area contributed by atoms with Crippen molar-refractivity contribution in [3.63, 3.8) is 0 Å². The standard InChI is InChI=1S/C17H17NO3S2/c1-12(16-9-6-10-22-16)23(19,20)13(2)17-18-11-15(21-17)14-7-4-3-5-8-14/h3-13H,1-2H3/t12-,13-/m1/s1. The van der Waals surface area contributed by atoms with E-state index in [1.54, 1.807) is 20.0 Å². The molecule has 0 bridgehead atoms. The predicted octanol–water partition coefficient (Wildman–Crippen LogP) is 4.64. The number of aromatic nitrogens is 1. The summed E-state index contributed by atoms with van der Waals surface area (Å²) in [6, 6.07) is 13.2. The van der Waals surface area contributed by atoms with Crippen molar-refractivity contribution in [2.45, 2.75) is 24.3 Å². The lowest BCUT2D eigenvalue weighted by atomic mass is 10.2. The van der Waals surface area contributed by atoms with Crippen LogP contribution in [0.25, 0.3) is 11.3 Å². The lowest BCUT2D eigenvalue weighted by Gasteiger charge is -2.15. The first kappa shape index (κ1) is 16.0. The van der Waals surface area contributed by atoms with Crippen LogP contribution >= 0.6 is 11.3 Å². The molecular formula is C17H17NO3S2. The molecule has 2 heterocycles. The fraction of sp³-hybridized carbons (Fsp3) is 0.235. The molecule has 0 saturated carbocycles. The van der Waals surface area contributed by atoms with Gasteiger partial charge in [-0.15, -0.1) is 11.3 Å². The largest absolute Gasteiger partial charge is 0.439 e. The zero-order valence-corrected chi connectivity index (χ0v) is 14.5. The Labute approximate surface area is 139 Å². The molecule has 2 atom stereocenters. The van der Waals surface area contributed by atoms with Gasteiger partial charge in [0.1, 0.15) is 5.25 Å². The van der Waals surface area contributed by atoms with E-state index in [-0.39, 0.29) is 5.89 Å². The molecular weight excluding hydrogens is 330 g/mol. The Morgan fingerprint density at radius 3 is 2.43 bits per heavy atom. The van der Waals surface area contributed by atoms with Gasteiger partial charge in [-0.05, 0) is 25.3 Å². The lowest BCUT2D eigenvalue weighted by molar-refractivity contribution is 0.492. The average Bonchev–Trinajstić information content (AvgIpc) is 3.25. The normalized spacial score (nSPS) is 14.5. The highest BCUT2D eigenvalue weighted by atomic mass is 32.2. The Bertz CT molecular complexity index is 868. The third-order valence-electron chi connectivity index (χ3n) is 3.86. The molecule has 1 aromatic carbocycles. The van der Waals surface area contributed by atoms with Crippen molar-refractivity contribution in [1.29, 1.82) is 0 Å². The van der Waals surface area contributed by atoms with E-state index in [0.717, 1.165) is 10.4 Å². The van der Waals surface area contributed by atoms with Crippen LogP contribution in [0.1, 0.15) is 35.1 Å². The van der Waals surface area contributed by atoms with Crippen molar-refractivity contribution >= 4 is 21.2 Å². The van der Waals surface area contributed by atoms with E-state index in [1.807, 2.05) is 47.8 Å². The van der Waals surface area contributed by atoms with Gasteiger partial charge in [0.25, 0.3) is 0 Å². The second-order valence-electron chi connectivity index (χ2n) is 5.32. The fourth-order valence-corrected chi connectivity index (χ4v) is 4.98. The second-order valence-corrected chi connectivity index (χ2v) is 8.89. The molecule has 23 heavy (non-hydrogen) atoms. The van der Waals surface area contributed by atoms with Crippen LogP contribution in [-0.4, -0.2) is 13.4 Å². The fourth-order valence-electron chi connectivity index (χ4n) is 2.34. The summed E-state index contributed by atoms with van der Waals surface area (Å²) in [5.74, 6) is 0.804. The van der Waals surface area contributed by atoms with Crippen LogP contribution in [0, 0.1) is 0 Å². The molecule has 2 aromatic heterocycles. The Hall–Kier alpha value is -1.92. The first-order chi connectivity index (χ1) is 11.0. The van der Waals surface area contributed by atoms with Crippen molar-refractivity contribution in [2.75, 3.05) is 0 Å². The smallest absolute Gasteiger partial charge is 0.212 e. The van der Waals surface area contributed by atoms with Crippen molar-refractivity contribution in [3.05, 3.63) is 64.8 Å². The van der Waals surface area contributed by atoms with Gasteiger partial charge < -0.3 is 4.42 Å². The number of benzene rings is 1. The number of hydrogen-bond donors (Lipinski definition) is 0. The molecule has 120 valence electrons. The molecule has 0 amide bonds. The van der Waals surface area contributed by atoms with Crippen molar-refractivity contribution in [3.8, 4) is 11.3 Å². The number of thiophene rings is 1. The van der Waals surface area contributed by atoms with Crippen LogP contribution in [-0.2, 0) is 9.84 Å². The van der Waals surface area contributed by atoms with Crippen LogP contribution in [0.3, 0.4) is 0 Å². The van der Waals surface area contributed by atoms with Crippen molar-refractivity contribution < 1.29 is 12.8 Å². The summed E-state index contributed by atoms with van der Waals surface area (Å²) in [6.07, 6.45) is 1.58. The summed E-state index contributed by atoms with van der Waals surface area (Å²) in [5.41, 5.74) is 0.877. The molecule has 0 fully saturated rings. The van der Waals surface area contributed by atoms with Gasteiger partial charge in [-0.2, -0.15) is 0 Å². The van der Waals surface area contributed by atoms with E-state index >= 15 is 0 Å². The minimum atomic E-state index is -3.43. The molecule has 0 radical (unpaired) electrons. The Kier molecular flexibility index (Phi) is 4.37. The quantitative estimate of drug-likeness (QED) is 0.674. The molecule has 0 spiro atoms. The summed E-state index contributed by atoms with van der Waals surface area (Å²) in [4.78, 5) is 5.01. The van der Waals surface area contributed by atoms with E-state index in [1.165, 1.54) is 11.3 Å². The third-order valence-corrected chi connectivity index (χ3v) is 7.49. The molecule has 0 unspecified atom stereocenters. The van der Waals surface area contributed by atoms with Gasteiger partial charge in [-0.25, -0.2) is 13.4 Å². The van der Waals surface area contributed by atoms with Gasteiger partial charge in [-0.1, -0.05) is 36.4 Å².